The van der Waals surface area contributed by atoms with Crippen LogP contribution in [-0.4, -0.2) is 22.4 Å². The molecule has 5 nitrogen and oxygen atoms in total. The van der Waals surface area contributed by atoms with E-state index in [1.807, 2.05) is 13.8 Å². The van der Waals surface area contributed by atoms with Crippen LogP contribution in [0.4, 0.5) is 0 Å². The van der Waals surface area contributed by atoms with Crippen molar-refractivity contribution in [2.24, 2.45) is 11.1 Å². The van der Waals surface area contributed by atoms with E-state index >= 15 is 0 Å². The van der Waals surface area contributed by atoms with E-state index in [1.165, 1.54) is 0 Å². The molecule has 0 saturated carbocycles. The Morgan fingerprint density at radius 3 is 2.93 bits per heavy atom. The van der Waals surface area contributed by atoms with E-state index in [0.29, 0.717) is 13.1 Å². The molecular formula is C9H16N4O. The van der Waals surface area contributed by atoms with Crippen molar-refractivity contribution in [1.29, 1.82) is 0 Å². The lowest BCUT2D eigenvalue weighted by Crippen LogP contribution is -2.41. The summed E-state index contributed by atoms with van der Waals surface area (Å²) < 4.78 is 0. The van der Waals surface area contributed by atoms with Gasteiger partial charge in [-0.05, 0) is 13.8 Å². The first kappa shape index (κ1) is 10.7. The maximum Gasteiger partial charge on any atom is 0.227 e. The van der Waals surface area contributed by atoms with Crippen molar-refractivity contribution in [2.75, 3.05) is 6.54 Å². The molecule has 1 amide bonds. The zero-order valence-corrected chi connectivity index (χ0v) is 8.50. The predicted octanol–water partition coefficient (Wildman–Crippen LogP) is 0.0108. The maximum absolute atomic E-state index is 11.6. The van der Waals surface area contributed by atoms with Gasteiger partial charge < -0.3 is 16.0 Å². The molecule has 0 spiro atoms. The number of amides is 1. The number of hydrogen-bond donors (Lipinski definition) is 3. The van der Waals surface area contributed by atoms with Crippen LogP contribution >= 0.6 is 0 Å². The molecule has 0 unspecified atom stereocenters. The van der Waals surface area contributed by atoms with Gasteiger partial charge in [0.05, 0.1) is 24.0 Å². The van der Waals surface area contributed by atoms with Crippen molar-refractivity contribution in [3.8, 4) is 0 Å². The van der Waals surface area contributed by atoms with Gasteiger partial charge >= 0.3 is 0 Å². The van der Waals surface area contributed by atoms with Crippen LogP contribution in [0, 0.1) is 5.41 Å². The summed E-state index contributed by atoms with van der Waals surface area (Å²) in [7, 11) is 0. The first-order chi connectivity index (χ1) is 6.56. The minimum atomic E-state index is -0.514. The highest BCUT2D eigenvalue weighted by molar-refractivity contribution is 5.81. The third kappa shape index (κ3) is 2.56. The molecule has 0 radical (unpaired) electrons. The highest BCUT2D eigenvalue weighted by Crippen LogP contribution is 2.12. The van der Waals surface area contributed by atoms with E-state index in [0.717, 1.165) is 5.69 Å². The second kappa shape index (κ2) is 4.23. The smallest absolute Gasteiger partial charge is 0.227 e. The molecule has 1 rings (SSSR count). The number of nitrogens with zero attached hydrogens (tertiary/aromatic N) is 1. The maximum atomic E-state index is 11.6. The number of hydrogen-bond acceptors (Lipinski definition) is 3. The van der Waals surface area contributed by atoms with Gasteiger partial charge in [-0.15, -0.1) is 0 Å². The Labute approximate surface area is 83.1 Å². The van der Waals surface area contributed by atoms with Gasteiger partial charge in [0.15, 0.2) is 0 Å². The number of nitrogens with two attached hydrogens (primary N) is 1. The summed E-state index contributed by atoms with van der Waals surface area (Å²) in [6.45, 7) is 4.43. The molecule has 5 heteroatoms. The minimum Gasteiger partial charge on any atom is -0.350 e. The first-order valence-corrected chi connectivity index (χ1v) is 4.52. The summed E-state index contributed by atoms with van der Waals surface area (Å²) in [5.74, 6) is -0.0467. The molecule has 14 heavy (non-hydrogen) atoms. The summed E-state index contributed by atoms with van der Waals surface area (Å²) in [6.07, 6.45) is 3.26. The summed E-state index contributed by atoms with van der Waals surface area (Å²) in [6, 6.07) is 0. The molecule has 0 saturated heterocycles. The first-order valence-electron chi connectivity index (χ1n) is 4.52. The molecule has 1 aromatic heterocycles. The van der Waals surface area contributed by atoms with Gasteiger partial charge in [-0.25, -0.2) is 4.98 Å². The molecule has 0 bridgehead atoms. The van der Waals surface area contributed by atoms with Crippen LogP contribution in [0.1, 0.15) is 19.5 Å². The lowest BCUT2D eigenvalue weighted by molar-refractivity contribution is -0.129. The average Bonchev–Trinajstić information content (AvgIpc) is 2.66. The quantitative estimate of drug-likeness (QED) is 0.634. The Bertz CT molecular complexity index is 292. The SMILES string of the molecule is CC(C)(CN)C(=O)NCc1cnc[nH]1. The van der Waals surface area contributed by atoms with Crippen molar-refractivity contribution in [3.05, 3.63) is 18.2 Å². The Hall–Kier alpha value is -1.36. The number of aromatic nitrogens is 2. The Kier molecular flexibility index (Phi) is 3.24. The van der Waals surface area contributed by atoms with Crippen LogP contribution in [0.5, 0.6) is 0 Å². The monoisotopic (exact) mass is 196 g/mol. The fourth-order valence-electron chi connectivity index (χ4n) is 0.889. The van der Waals surface area contributed by atoms with E-state index in [9.17, 15) is 4.79 Å². The fourth-order valence-corrected chi connectivity index (χ4v) is 0.889. The molecule has 0 atom stereocenters. The van der Waals surface area contributed by atoms with Crippen LogP contribution in [0.15, 0.2) is 12.5 Å². The topological polar surface area (TPSA) is 83.8 Å². The molecule has 4 N–H and O–H groups in total. The third-order valence-corrected chi connectivity index (χ3v) is 2.12. The summed E-state index contributed by atoms with van der Waals surface area (Å²) in [5, 5.41) is 2.79. The highest BCUT2D eigenvalue weighted by Gasteiger charge is 2.25. The number of carbonyl (C=O) groups excluding carboxylic acids is 1. The second-order valence-electron chi connectivity index (χ2n) is 3.85. The number of rotatable bonds is 4. The molecule has 0 aliphatic heterocycles. The molecule has 1 aromatic rings. The third-order valence-electron chi connectivity index (χ3n) is 2.12. The van der Waals surface area contributed by atoms with Gasteiger partial charge in [0.1, 0.15) is 0 Å². The number of carbonyl (C=O) groups is 1. The van der Waals surface area contributed by atoms with Crippen LogP contribution < -0.4 is 11.1 Å². The van der Waals surface area contributed by atoms with Gasteiger partial charge in [0.2, 0.25) is 5.91 Å². The lowest BCUT2D eigenvalue weighted by atomic mass is 9.93. The van der Waals surface area contributed by atoms with Gasteiger partial charge in [0, 0.05) is 12.7 Å². The van der Waals surface area contributed by atoms with E-state index in [1.54, 1.807) is 12.5 Å². The predicted molar refractivity (Wildman–Crippen MR) is 53.3 cm³/mol. The van der Waals surface area contributed by atoms with Crippen molar-refractivity contribution in [2.45, 2.75) is 20.4 Å². The fraction of sp³-hybridized carbons (Fsp3) is 0.556. The zero-order valence-electron chi connectivity index (χ0n) is 8.50. The van der Waals surface area contributed by atoms with E-state index in [4.69, 9.17) is 5.73 Å². The molecule has 0 fully saturated rings. The second-order valence-corrected chi connectivity index (χ2v) is 3.85. The zero-order chi connectivity index (χ0) is 10.6. The van der Waals surface area contributed by atoms with Gasteiger partial charge in [0.25, 0.3) is 0 Å². The summed E-state index contributed by atoms with van der Waals surface area (Å²) >= 11 is 0. The van der Waals surface area contributed by atoms with Crippen LogP contribution in [-0.2, 0) is 11.3 Å². The van der Waals surface area contributed by atoms with Crippen LogP contribution in [0.3, 0.4) is 0 Å². The van der Waals surface area contributed by atoms with Gasteiger partial charge in [-0.3, -0.25) is 4.79 Å². The summed E-state index contributed by atoms with van der Waals surface area (Å²) in [4.78, 5) is 18.3. The Balaban J connectivity index is 2.43. The average molecular weight is 196 g/mol. The molecular weight excluding hydrogens is 180 g/mol. The minimum absolute atomic E-state index is 0.0467. The number of imidazole rings is 1. The molecule has 1 heterocycles. The van der Waals surface area contributed by atoms with Crippen molar-refractivity contribution in [3.63, 3.8) is 0 Å². The van der Waals surface area contributed by atoms with Crippen molar-refractivity contribution >= 4 is 5.91 Å². The lowest BCUT2D eigenvalue weighted by Gasteiger charge is -2.20. The number of nitrogens with one attached hydrogen (secondary N) is 2. The molecule has 0 aliphatic rings. The highest BCUT2D eigenvalue weighted by atomic mass is 16.2. The van der Waals surface area contributed by atoms with Crippen molar-refractivity contribution < 1.29 is 4.79 Å². The number of aromatic amines is 1. The van der Waals surface area contributed by atoms with E-state index < -0.39 is 5.41 Å². The Morgan fingerprint density at radius 2 is 2.43 bits per heavy atom. The standard InChI is InChI=1S/C9H16N4O/c1-9(2,5-10)8(14)12-4-7-3-11-6-13-7/h3,6H,4-5,10H2,1-2H3,(H,11,13)(H,12,14). The molecule has 0 aromatic carbocycles. The van der Waals surface area contributed by atoms with Gasteiger partial charge in [-0.1, -0.05) is 0 Å². The van der Waals surface area contributed by atoms with Crippen molar-refractivity contribution in [1.82, 2.24) is 15.3 Å². The molecule has 78 valence electrons. The van der Waals surface area contributed by atoms with E-state index in [2.05, 4.69) is 15.3 Å². The number of H-pyrrole nitrogens is 1. The van der Waals surface area contributed by atoms with Gasteiger partial charge in [-0.2, -0.15) is 0 Å². The van der Waals surface area contributed by atoms with E-state index in [-0.39, 0.29) is 5.91 Å². The summed E-state index contributed by atoms with van der Waals surface area (Å²) in [5.41, 5.74) is 5.84. The van der Waals surface area contributed by atoms with Crippen LogP contribution in [0.2, 0.25) is 0 Å². The molecule has 0 aliphatic carbocycles. The Morgan fingerprint density at radius 1 is 1.71 bits per heavy atom. The largest absolute Gasteiger partial charge is 0.350 e. The normalized spacial score (nSPS) is 11.4. The van der Waals surface area contributed by atoms with Crippen LogP contribution in [0.25, 0.3) is 0 Å².